The molecule has 0 amide bonds. The summed E-state index contributed by atoms with van der Waals surface area (Å²) in [4.78, 5) is 14.4. The van der Waals surface area contributed by atoms with E-state index in [2.05, 4.69) is 50.1 Å². The Bertz CT molecular complexity index is 920. The summed E-state index contributed by atoms with van der Waals surface area (Å²) in [6.07, 6.45) is 4.13. The quantitative estimate of drug-likeness (QED) is 0.240. The molecule has 1 atom stereocenters. The van der Waals surface area contributed by atoms with Crippen molar-refractivity contribution in [2.24, 2.45) is 0 Å². The van der Waals surface area contributed by atoms with E-state index in [0.717, 1.165) is 31.6 Å². The molecule has 0 fully saturated rings. The number of aromatic nitrogens is 4. The summed E-state index contributed by atoms with van der Waals surface area (Å²) < 4.78 is 8.73. The van der Waals surface area contributed by atoms with E-state index in [0.29, 0.717) is 11.3 Å². The van der Waals surface area contributed by atoms with E-state index in [1.807, 2.05) is 12.1 Å². The SMILES string of the molecule is CCCC[AsH]CCn1c(Sc2cc(OC)ccc2I)nc2c(N)ncnc21. The number of halogens is 1. The van der Waals surface area contributed by atoms with Crippen molar-refractivity contribution in [3.63, 3.8) is 0 Å². The van der Waals surface area contributed by atoms with Crippen molar-refractivity contribution in [2.75, 3.05) is 12.8 Å². The maximum atomic E-state index is 6.05. The zero-order valence-electron chi connectivity index (χ0n) is 15.4. The number of aryl methyl sites for hydroxylation is 1. The van der Waals surface area contributed by atoms with Crippen molar-refractivity contribution in [3.05, 3.63) is 28.1 Å². The van der Waals surface area contributed by atoms with Gasteiger partial charge in [-0.1, -0.05) is 0 Å². The van der Waals surface area contributed by atoms with E-state index in [1.54, 1.807) is 18.9 Å². The molecule has 2 heterocycles. The Labute approximate surface area is 183 Å². The Morgan fingerprint density at radius 1 is 1.30 bits per heavy atom. The van der Waals surface area contributed by atoms with Crippen LogP contribution < -0.4 is 10.5 Å². The van der Waals surface area contributed by atoms with Crippen molar-refractivity contribution in [2.45, 2.75) is 46.8 Å². The molecule has 0 bridgehead atoms. The summed E-state index contributed by atoms with van der Waals surface area (Å²) in [6.45, 7) is 3.18. The number of anilines is 1. The molecule has 0 saturated carbocycles. The molecule has 0 spiro atoms. The molecule has 0 aliphatic carbocycles. The fraction of sp³-hybridized carbons (Fsp3) is 0.389. The van der Waals surface area contributed by atoms with E-state index in [-0.39, 0.29) is 15.8 Å². The van der Waals surface area contributed by atoms with Crippen LogP contribution in [0.15, 0.2) is 34.6 Å². The average molecular weight is 559 g/mol. The number of imidazole rings is 1. The van der Waals surface area contributed by atoms with E-state index in [4.69, 9.17) is 15.5 Å². The zero-order valence-corrected chi connectivity index (χ0v) is 20.5. The van der Waals surface area contributed by atoms with Gasteiger partial charge in [0.15, 0.2) is 0 Å². The van der Waals surface area contributed by atoms with Gasteiger partial charge in [0.2, 0.25) is 0 Å². The van der Waals surface area contributed by atoms with Gasteiger partial charge in [-0.3, -0.25) is 0 Å². The van der Waals surface area contributed by atoms with Gasteiger partial charge in [0.25, 0.3) is 0 Å². The summed E-state index contributed by atoms with van der Waals surface area (Å²) in [5, 5.41) is 3.51. The molecule has 2 N–H and O–H groups in total. The third kappa shape index (κ3) is 5.09. The van der Waals surface area contributed by atoms with Crippen molar-refractivity contribution >= 4 is 67.1 Å². The summed E-state index contributed by atoms with van der Waals surface area (Å²) in [7, 11) is 1.68. The second-order valence-corrected chi connectivity index (χ2v) is 11.3. The van der Waals surface area contributed by atoms with Gasteiger partial charge in [-0.15, -0.1) is 0 Å². The number of nitrogen functional groups attached to an aromatic ring is 1. The average Bonchev–Trinajstić information content (AvgIpc) is 3.02. The normalized spacial score (nSPS) is 11.7. The molecule has 1 unspecified atom stereocenters. The fourth-order valence-corrected chi connectivity index (χ4v) is 6.84. The van der Waals surface area contributed by atoms with Gasteiger partial charge in [-0.2, -0.15) is 0 Å². The minimum atomic E-state index is 0.0696. The standard InChI is InChI=1S/C18H23AsIN5OS/c1-3-4-7-19-8-9-25-17-15(16(21)22-11-23-17)24-18(25)27-14-10-12(26-2)5-6-13(14)20/h5-6,10-11,19H,3-4,7-9H2,1-2H3,(H2,21,22,23). The Hall–Kier alpha value is -0.992. The van der Waals surface area contributed by atoms with Crippen LogP contribution in [0.5, 0.6) is 5.75 Å². The first-order chi connectivity index (χ1) is 13.1. The topological polar surface area (TPSA) is 78.9 Å². The van der Waals surface area contributed by atoms with Crippen molar-refractivity contribution in [1.82, 2.24) is 19.5 Å². The Morgan fingerprint density at radius 2 is 2.15 bits per heavy atom. The van der Waals surface area contributed by atoms with Crippen LogP contribution in [0.3, 0.4) is 0 Å². The maximum absolute atomic E-state index is 6.05. The summed E-state index contributed by atoms with van der Waals surface area (Å²) in [6, 6.07) is 6.07. The second kappa shape index (κ2) is 9.98. The monoisotopic (exact) mass is 559 g/mol. The Kier molecular flexibility index (Phi) is 7.66. The van der Waals surface area contributed by atoms with Crippen LogP contribution in [0.4, 0.5) is 5.82 Å². The number of fused-ring (bicyclic) bond motifs is 1. The molecule has 1 aromatic carbocycles. The minimum absolute atomic E-state index is 0.0696. The van der Waals surface area contributed by atoms with Crippen LogP contribution >= 0.6 is 34.4 Å². The first-order valence-electron chi connectivity index (χ1n) is 8.82. The molecule has 3 rings (SSSR count). The molecule has 6 nitrogen and oxygen atoms in total. The van der Waals surface area contributed by atoms with Crippen LogP contribution in [0.1, 0.15) is 19.8 Å². The molecule has 0 aliphatic rings. The van der Waals surface area contributed by atoms with E-state index >= 15 is 0 Å². The first kappa shape index (κ1) is 20.7. The number of hydrogen-bond acceptors (Lipinski definition) is 6. The van der Waals surface area contributed by atoms with Crippen molar-refractivity contribution in [1.29, 1.82) is 0 Å². The van der Waals surface area contributed by atoms with Crippen molar-refractivity contribution < 1.29 is 4.74 Å². The van der Waals surface area contributed by atoms with E-state index < -0.39 is 0 Å². The van der Waals surface area contributed by atoms with Gasteiger partial charge in [0, 0.05) is 0 Å². The van der Waals surface area contributed by atoms with E-state index in [1.165, 1.54) is 29.6 Å². The molecule has 0 saturated heterocycles. The number of benzene rings is 1. The van der Waals surface area contributed by atoms with Crippen LogP contribution in [0, 0.1) is 3.57 Å². The van der Waals surface area contributed by atoms with Gasteiger partial charge >= 0.3 is 185 Å². The number of methoxy groups -OCH3 is 1. The molecule has 3 aromatic rings. The van der Waals surface area contributed by atoms with Gasteiger partial charge in [0.05, 0.1) is 0 Å². The van der Waals surface area contributed by atoms with Gasteiger partial charge in [0.1, 0.15) is 0 Å². The molecule has 9 heteroatoms. The first-order valence-corrected chi connectivity index (χ1v) is 13.7. The Morgan fingerprint density at radius 3 is 2.93 bits per heavy atom. The van der Waals surface area contributed by atoms with E-state index in [9.17, 15) is 0 Å². The van der Waals surface area contributed by atoms with Crippen LogP contribution in [0.2, 0.25) is 10.4 Å². The van der Waals surface area contributed by atoms with Crippen LogP contribution in [0.25, 0.3) is 11.2 Å². The predicted octanol–water partition coefficient (Wildman–Crippen LogP) is 4.25. The summed E-state index contributed by atoms with van der Waals surface area (Å²) in [5.74, 6) is 1.27. The zero-order chi connectivity index (χ0) is 19.2. The number of nitrogens with two attached hydrogens (primary N) is 1. The summed E-state index contributed by atoms with van der Waals surface area (Å²) in [5.41, 5.74) is 7.56. The number of ether oxygens (including phenoxy) is 1. The third-order valence-electron chi connectivity index (χ3n) is 4.08. The molecule has 0 aliphatic heterocycles. The molecule has 27 heavy (non-hydrogen) atoms. The van der Waals surface area contributed by atoms with Crippen molar-refractivity contribution in [3.8, 4) is 5.75 Å². The molecule has 0 radical (unpaired) electrons. The number of unbranched alkanes of at least 4 members (excludes halogenated alkanes) is 1. The van der Waals surface area contributed by atoms with Gasteiger partial charge < -0.3 is 0 Å². The molecule has 144 valence electrons. The van der Waals surface area contributed by atoms with Gasteiger partial charge in [-0.25, -0.2) is 0 Å². The Balaban J connectivity index is 1.91. The summed E-state index contributed by atoms with van der Waals surface area (Å²) >= 11 is 4.04. The molecule has 2 aromatic heterocycles. The predicted molar refractivity (Wildman–Crippen MR) is 121 cm³/mol. The van der Waals surface area contributed by atoms with Crippen LogP contribution in [-0.2, 0) is 6.54 Å². The number of nitrogens with zero attached hydrogens (tertiary/aromatic N) is 4. The van der Waals surface area contributed by atoms with Crippen LogP contribution in [-0.4, -0.2) is 42.4 Å². The number of hydrogen-bond donors (Lipinski definition) is 1. The number of rotatable bonds is 9. The fourth-order valence-electron chi connectivity index (χ4n) is 2.62. The molecular weight excluding hydrogens is 536 g/mol. The van der Waals surface area contributed by atoms with Gasteiger partial charge in [-0.05, 0) is 0 Å². The second-order valence-electron chi connectivity index (χ2n) is 5.98. The molecular formula is C18H23AsIN5OS. The third-order valence-corrected chi connectivity index (χ3v) is 9.14.